The Bertz CT molecular complexity index is 714. The van der Waals surface area contributed by atoms with E-state index in [4.69, 9.17) is 10.5 Å². The first-order valence-corrected chi connectivity index (χ1v) is 10.5. The summed E-state index contributed by atoms with van der Waals surface area (Å²) in [6.07, 6.45) is 4.86. The number of tetrazole rings is 1. The van der Waals surface area contributed by atoms with Gasteiger partial charge in [-0.15, -0.1) is 0 Å². The monoisotopic (exact) mass is 406 g/mol. The third kappa shape index (κ3) is 5.63. The van der Waals surface area contributed by atoms with Gasteiger partial charge in [0.15, 0.2) is 0 Å². The van der Waals surface area contributed by atoms with Crippen LogP contribution < -0.4 is 11.1 Å². The third-order valence-corrected chi connectivity index (χ3v) is 6.00. The van der Waals surface area contributed by atoms with E-state index < -0.39 is 0 Å². The van der Waals surface area contributed by atoms with Gasteiger partial charge in [-0.25, -0.2) is 4.68 Å². The molecule has 1 aromatic heterocycles. The minimum atomic E-state index is -0.251. The standard InChI is InChI=1S/C18H30N8O3/c19-18-21-22-23-26(18)11-16(27)20-7-15-10-25(17(28)12-29-15)9-14-3-5-24(6-4-14)8-13-1-2-13/h13-15H,1-12H2,(H,20,27)(H2,19,21,23)/t15-/m0/s1. The Morgan fingerprint density at radius 2 is 1.93 bits per heavy atom. The lowest BCUT2D eigenvalue weighted by Gasteiger charge is -2.38. The first-order chi connectivity index (χ1) is 14.1. The van der Waals surface area contributed by atoms with Crippen molar-refractivity contribution < 1.29 is 14.3 Å². The Morgan fingerprint density at radius 3 is 2.62 bits per heavy atom. The third-order valence-electron chi connectivity index (χ3n) is 6.00. The van der Waals surface area contributed by atoms with Crippen LogP contribution >= 0.6 is 0 Å². The van der Waals surface area contributed by atoms with Crippen molar-refractivity contribution in [1.29, 1.82) is 0 Å². The summed E-state index contributed by atoms with van der Waals surface area (Å²) in [4.78, 5) is 28.8. The molecule has 0 spiro atoms. The van der Waals surface area contributed by atoms with Gasteiger partial charge in [-0.1, -0.05) is 5.10 Å². The summed E-state index contributed by atoms with van der Waals surface area (Å²) in [5.41, 5.74) is 5.56. The number of nitrogen functional groups attached to an aromatic ring is 1. The Morgan fingerprint density at radius 1 is 1.17 bits per heavy atom. The van der Waals surface area contributed by atoms with Crippen molar-refractivity contribution in [2.45, 2.75) is 38.3 Å². The summed E-state index contributed by atoms with van der Waals surface area (Å²) >= 11 is 0. The molecule has 3 fully saturated rings. The van der Waals surface area contributed by atoms with Crippen molar-refractivity contribution in [3.8, 4) is 0 Å². The molecule has 0 aromatic carbocycles. The average Bonchev–Trinajstić information content (AvgIpc) is 3.44. The van der Waals surface area contributed by atoms with E-state index in [-0.39, 0.29) is 37.0 Å². The molecule has 2 amide bonds. The summed E-state index contributed by atoms with van der Waals surface area (Å²) in [5, 5.41) is 13.4. The van der Waals surface area contributed by atoms with E-state index in [9.17, 15) is 9.59 Å². The molecule has 160 valence electrons. The lowest BCUT2D eigenvalue weighted by molar-refractivity contribution is -0.150. The lowest BCUT2D eigenvalue weighted by atomic mass is 9.95. The molecular weight excluding hydrogens is 376 g/mol. The van der Waals surface area contributed by atoms with Crippen LogP contribution in [0.5, 0.6) is 0 Å². The SMILES string of the molecule is Nc1nnnn1CC(=O)NC[C@H]1CN(CC2CCN(CC3CC3)CC2)C(=O)CO1. The fourth-order valence-corrected chi connectivity index (χ4v) is 4.05. The van der Waals surface area contributed by atoms with Crippen LogP contribution in [-0.2, 0) is 20.9 Å². The van der Waals surface area contributed by atoms with Crippen LogP contribution in [0.2, 0.25) is 0 Å². The first-order valence-electron chi connectivity index (χ1n) is 10.5. The number of nitrogens with one attached hydrogen (secondary N) is 1. The van der Waals surface area contributed by atoms with Crippen molar-refractivity contribution in [1.82, 2.24) is 35.3 Å². The summed E-state index contributed by atoms with van der Waals surface area (Å²) in [7, 11) is 0. The van der Waals surface area contributed by atoms with E-state index in [1.807, 2.05) is 4.90 Å². The molecule has 2 aliphatic heterocycles. The van der Waals surface area contributed by atoms with E-state index in [0.717, 1.165) is 38.4 Å². The number of hydrogen-bond donors (Lipinski definition) is 2. The van der Waals surface area contributed by atoms with Gasteiger partial charge >= 0.3 is 0 Å². The van der Waals surface area contributed by atoms with E-state index in [0.29, 0.717) is 19.0 Å². The van der Waals surface area contributed by atoms with Gasteiger partial charge < -0.3 is 25.6 Å². The summed E-state index contributed by atoms with van der Waals surface area (Å²) in [6, 6.07) is 0. The van der Waals surface area contributed by atoms with Crippen molar-refractivity contribution in [3.05, 3.63) is 0 Å². The molecule has 29 heavy (non-hydrogen) atoms. The molecule has 3 heterocycles. The molecule has 1 aromatic rings. The van der Waals surface area contributed by atoms with E-state index >= 15 is 0 Å². The van der Waals surface area contributed by atoms with Gasteiger partial charge in [0, 0.05) is 26.2 Å². The van der Waals surface area contributed by atoms with E-state index in [1.165, 1.54) is 24.1 Å². The second-order valence-electron chi connectivity index (χ2n) is 8.42. The van der Waals surface area contributed by atoms with Crippen LogP contribution in [-0.4, -0.2) is 93.8 Å². The number of likely N-dealkylation sites (tertiary alicyclic amines) is 1. The highest BCUT2D eigenvalue weighted by atomic mass is 16.5. The van der Waals surface area contributed by atoms with Crippen molar-refractivity contribution >= 4 is 17.8 Å². The molecule has 11 heteroatoms. The normalized spacial score (nSPS) is 24.1. The van der Waals surface area contributed by atoms with Gasteiger partial charge in [-0.3, -0.25) is 9.59 Å². The molecular formula is C18H30N8O3. The molecule has 3 N–H and O–H groups in total. The van der Waals surface area contributed by atoms with Gasteiger partial charge in [0.1, 0.15) is 13.2 Å². The Balaban J connectivity index is 1.18. The lowest BCUT2D eigenvalue weighted by Crippen LogP contribution is -2.52. The van der Waals surface area contributed by atoms with Crippen molar-refractivity contribution in [2.75, 3.05) is 51.6 Å². The van der Waals surface area contributed by atoms with Crippen LogP contribution in [0.3, 0.4) is 0 Å². The molecule has 1 aliphatic carbocycles. The number of piperidine rings is 1. The first kappa shape index (κ1) is 20.0. The zero-order chi connectivity index (χ0) is 20.2. The molecule has 11 nitrogen and oxygen atoms in total. The molecule has 0 radical (unpaired) electrons. The molecule has 4 rings (SSSR count). The van der Waals surface area contributed by atoms with Crippen LogP contribution in [0.4, 0.5) is 5.95 Å². The van der Waals surface area contributed by atoms with E-state index in [2.05, 4.69) is 25.7 Å². The second-order valence-corrected chi connectivity index (χ2v) is 8.42. The van der Waals surface area contributed by atoms with Crippen LogP contribution in [0.25, 0.3) is 0 Å². The number of amides is 2. The maximum absolute atomic E-state index is 12.3. The van der Waals surface area contributed by atoms with Crippen molar-refractivity contribution in [3.63, 3.8) is 0 Å². The molecule has 2 saturated heterocycles. The maximum atomic E-state index is 12.3. The predicted molar refractivity (Wildman–Crippen MR) is 103 cm³/mol. The number of ether oxygens (including phenoxy) is 1. The number of nitrogens with two attached hydrogens (primary N) is 1. The highest BCUT2D eigenvalue weighted by Gasteiger charge is 2.31. The van der Waals surface area contributed by atoms with Crippen LogP contribution in [0, 0.1) is 11.8 Å². The summed E-state index contributed by atoms with van der Waals surface area (Å²) < 4.78 is 6.83. The highest BCUT2D eigenvalue weighted by molar-refractivity contribution is 5.78. The largest absolute Gasteiger partial charge is 0.367 e. The average molecular weight is 406 g/mol. The van der Waals surface area contributed by atoms with Gasteiger partial charge in [-0.05, 0) is 61.0 Å². The fourth-order valence-electron chi connectivity index (χ4n) is 4.05. The number of morpholine rings is 1. The molecule has 0 bridgehead atoms. The van der Waals surface area contributed by atoms with Crippen LogP contribution in [0.15, 0.2) is 0 Å². The second kappa shape index (κ2) is 9.04. The number of carbonyl (C=O) groups is 2. The Hall–Kier alpha value is -2.27. The molecule has 1 saturated carbocycles. The number of hydrogen-bond acceptors (Lipinski definition) is 8. The maximum Gasteiger partial charge on any atom is 0.248 e. The number of anilines is 1. The smallest absolute Gasteiger partial charge is 0.248 e. The number of nitrogens with zero attached hydrogens (tertiary/aromatic N) is 6. The van der Waals surface area contributed by atoms with Gasteiger partial charge in [0.2, 0.25) is 17.8 Å². The fraction of sp³-hybridized carbons (Fsp3) is 0.833. The topological polar surface area (TPSA) is 131 Å². The Kier molecular flexibility index (Phi) is 6.24. The van der Waals surface area contributed by atoms with Gasteiger partial charge in [0.25, 0.3) is 0 Å². The number of rotatable bonds is 8. The predicted octanol–water partition coefficient (Wildman–Crippen LogP) is -1.28. The van der Waals surface area contributed by atoms with Gasteiger partial charge in [0.05, 0.1) is 6.10 Å². The summed E-state index contributed by atoms with van der Waals surface area (Å²) in [6.45, 7) is 5.18. The Labute approximate surface area is 169 Å². The zero-order valence-electron chi connectivity index (χ0n) is 16.7. The van der Waals surface area contributed by atoms with Crippen LogP contribution in [0.1, 0.15) is 25.7 Å². The van der Waals surface area contributed by atoms with Crippen molar-refractivity contribution in [2.24, 2.45) is 11.8 Å². The van der Waals surface area contributed by atoms with Gasteiger partial charge in [-0.2, -0.15) is 0 Å². The van der Waals surface area contributed by atoms with E-state index in [1.54, 1.807) is 0 Å². The quantitative estimate of drug-likeness (QED) is 0.546. The number of carbonyl (C=O) groups excluding carboxylic acids is 2. The number of aromatic nitrogens is 4. The molecule has 3 aliphatic rings. The minimum absolute atomic E-state index is 0.0365. The zero-order valence-corrected chi connectivity index (χ0v) is 16.7. The highest BCUT2D eigenvalue weighted by Crippen LogP contribution is 2.31. The molecule has 1 atom stereocenters. The summed E-state index contributed by atoms with van der Waals surface area (Å²) in [5.74, 6) is 1.36. The minimum Gasteiger partial charge on any atom is -0.367 e. The molecule has 0 unspecified atom stereocenters.